The number of nitrogens with zero attached hydrogens (tertiary/aromatic N) is 3. The van der Waals surface area contributed by atoms with Crippen molar-refractivity contribution in [1.29, 1.82) is 0 Å². The van der Waals surface area contributed by atoms with Crippen molar-refractivity contribution in [1.82, 2.24) is 15.3 Å². The van der Waals surface area contributed by atoms with Crippen molar-refractivity contribution in [2.45, 2.75) is 24.3 Å². The van der Waals surface area contributed by atoms with Gasteiger partial charge in [0.25, 0.3) is 0 Å². The summed E-state index contributed by atoms with van der Waals surface area (Å²) in [5, 5.41) is 2.64. The number of sulfone groups is 1. The molecule has 31 heavy (non-hydrogen) atoms. The summed E-state index contributed by atoms with van der Waals surface area (Å²) in [4.78, 5) is 24.0. The van der Waals surface area contributed by atoms with Gasteiger partial charge in [0.05, 0.1) is 32.8 Å². The summed E-state index contributed by atoms with van der Waals surface area (Å²) in [5.74, 6) is 0.975. The molecule has 0 bridgehead atoms. The monoisotopic (exact) mass is 474 g/mol. The van der Waals surface area contributed by atoms with Gasteiger partial charge in [0, 0.05) is 24.8 Å². The van der Waals surface area contributed by atoms with Crippen molar-refractivity contribution >= 4 is 50.2 Å². The lowest BCUT2D eigenvalue weighted by Crippen LogP contribution is -2.20. The molecule has 2 aromatic heterocycles. The van der Waals surface area contributed by atoms with Crippen LogP contribution in [0.3, 0.4) is 0 Å². The number of anilines is 2. The Bertz CT molecular complexity index is 1320. The summed E-state index contributed by atoms with van der Waals surface area (Å²) >= 11 is 7.46. The van der Waals surface area contributed by atoms with E-state index in [9.17, 15) is 13.2 Å². The second-order valence-corrected chi connectivity index (χ2v) is 11.4. The maximum atomic E-state index is 12.4. The zero-order chi connectivity index (χ0) is 21.8. The van der Waals surface area contributed by atoms with E-state index in [0.717, 1.165) is 28.1 Å². The second-order valence-electron chi connectivity index (χ2n) is 7.65. The first kappa shape index (κ1) is 20.4. The number of halogens is 1. The molecule has 0 spiro atoms. The number of carbonyl (C=O) groups is 1. The molecule has 0 fully saturated rings. The molecule has 10 heteroatoms. The molecule has 0 radical (unpaired) electrons. The molecule has 0 atom stereocenters. The van der Waals surface area contributed by atoms with Crippen LogP contribution in [0.15, 0.2) is 30.3 Å². The average Bonchev–Trinajstić information content (AvgIpc) is 3.42. The van der Waals surface area contributed by atoms with E-state index in [1.54, 1.807) is 13.1 Å². The molecule has 0 unspecified atom stereocenters. The molecule has 5 rings (SSSR count). The number of benzene rings is 1. The number of fused-ring (bicyclic) bond motifs is 2. The number of amides is 1. The highest BCUT2D eigenvalue weighted by Gasteiger charge is 2.34. The number of hydrogen-bond donors (Lipinski definition) is 1. The highest BCUT2D eigenvalue weighted by Crippen LogP contribution is 2.41. The molecule has 1 amide bonds. The standard InChI is InChI=1S/C21H19ClN4O3S2/c1-23-19(27)9-12-2-3-16-13(8-12)6-7-26(16)21-14-10-31(28,29)11-15(14)24-20(25-21)17-4-5-18(22)30-17/h2-5,8H,6-7,9-11H2,1H3,(H,23,27). The van der Waals surface area contributed by atoms with Crippen LogP contribution in [0.5, 0.6) is 0 Å². The predicted molar refractivity (Wildman–Crippen MR) is 122 cm³/mol. The third-order valence-electron chi connectivity index (χ3n) is 5.52. The number of nitrogens with one attached hydrogen (secondary N) is 1. The minimum Gasteiger partial charge on any atom is -0.359 e. The quantitative estimate of drug-likeness (QED) is 0.624. The first-order valence-corrected chi connectivity index (χ1v) is 12.8. The van der Waals surface area contributed by atoms with Crippen molar-refractivity contribution in [2.24, 2.45) is 0 Å². The molecule has 4 heterocycles. The Morgan fingerprint density at radius 1 is 1.23 bits per heavy atom. The predicted octanol–water partition coefficient (Wildman–Crippen LogP) is 3.27. The van der Waals surface area contributed by atoms with Crippen LogP contribution in [-0.2, 0) is 39.0 Å². The summed E-state index contributed by atoms with van der Waals surface area (Å²) < 4.78 is 25.4. The van der Waals surface area contributed by atoms with Gasteiger partial charge in [0.1, 0.15) is 5.82 Å². The number of hydrogen-bond acceptors (Lipinski definition) is 7. The van der Waals surface area contributed by atoms with E-state index in [1.165, 1.54) is 11.3 Å². The lowest BCUT2D eigenvalue weighted by atomic mass is 10.1. The van der Waals surface area contributed by atoms with Gasteiger partial charge >= 0.3 is 0 Å². The number of carbonyl (C=O) groups excluding carboxylic acids is 1. The Morgan fingerprint density at radius 2 is 2.06 bits per heavy atom. The van der Waals surface area contributed by atoms with Crippen LogP contribution in [-0.4, -0.2) is 37.9 Å². The summed E-state index contributed by atoms with van der Waals surface area (Å²) in [6.07, 6.45) is 1.12. The molecule has 0 saturated carbocycles. The molecule has 160 valence electrons. The van der Waals surface area contributed by atoms with Crippen molar-refractivity contribution in [2.75, 3.05) is 18.5 Å². The van der Waals surface area contributed by atoms with Crippen LogP contribution in [0.4, 0.5) is 11.5 Å². The van der Waals surface area contributed by atoms with Crippen molar-refractivity contribution in [3.05, 3.63) is 57.1 Å². The number of aromatic nitrogens is 2. The third-order valence-corrected chi connectivity index (χ3v) is 8.19. The van der Waals surface area contributed by atoms with Gasteiger partial charge < -0.3 is 10.2 Å². The molecule has 0 aliphatic carbocycles. The molecular weight excluding hydrogens is 456 g/mol. The first-order chi connectivity index (χ1) is 14.8. The summed E-state index contributed by atoms with van der Waals surface area (Å²) in [6.45, 7) is 0.687. The number of likely N-dealkylation sites (N-methyl/N-ethyl adjacent to an activating group) is 1. The minimum atomic E-state index is -3.25. The fourth-order valence-electron chi connectivity index (χ4n) is 4.09. The lowest BCUT2D eigenvalue weighted by molar-refractivity contribution is -0.119. The molecule has 2 aliphatic rings. The van der Waals surface area contributed by atoms with E-state index in [1.807, 2.05) is 24.3 Å². The van der Waals surface area contributed by atoms with E-state index in [-0.39, 0.29) is 17.4 Å². The third kappa shape index (κ3) is 3.81. The maximum Gasteiger partial charge on any atom is 0.224 e. The maximum absolute atomic E-state index is 12.4. The van der Waals surface area contributed by atoms with Crippen LogP contribution < -0.4 is 10.2 Å². The fraction of sp³-hybridized carbons (Fsp3) is 0.286. The summed E-state index contributed by atoms with van der Waals surface area (Å²) in [6, 6.07) is 9.60. The van der Waals surface area contributed by atoms with Crippen LogP contribution >= 0.6 is 22.9 Å². The van der Waals surface area contributed by atoms with Crippen LogP contribution in [0, 0.1) is 0 Å². The molecular formula is C21H19ClN4O3S2. The topological polar surface area (TPSA) is 92.3 Å². The van der Waals surface area contributed by atoms with Crippen LogP contribution in [0.1, 0.15) is 22.4 Å². The Morgan fingerprint density at radius 3 is 2.81 bits per heavy atom. The zero-order valence-electron chi connectivity index (χ0n) is 16.7. The van der Waals surface area contributed by atoms with E-state index >= 15 is 0 Å². The summed E-state index contributed by atoms with van der Waals surface area (Å²) in [5.41, 5.74) is 4.30. The van der Waals surface area contributed by atoms with Gasteiger partial charge in [-0.1, -0.05) is 23.7 Å². The summed E-state index contributed by atoms with van der Waals surface area (Å²) in [7, 11) is -1.62. The molecule has 1 aromatic carbocycles. The van der Waals surface area contributed by atoms with Gasteiger partial charge in [-0.25, -0.2) is 18.4 Å². The van der Waals surface area contributed by atoms with Crippen molar-refractivity contribution < 1.29 is 13.2 Å². The first-order valence-electron chi connectivity index (χ1n) is 9.79. The van der Waals surface area contributed by atoms with E-state index in [2.05, 4.69) is 15.2 Å². The Labute approximate surface area is 189 Å². The highest BCUT2D eigenvalue weighted by molar-refractivity contribution is 7.90. The van der Waals surface area contributed by atoms with Crippen LogP contribution in [0.25, 0.3) is 10.7 Å². The highest BCUT2D eigenvalue weighted by atomic mass is 35.5. The van der Waals surface area contributed by atoms with E-state index < -0.39 is 9.84 Å². The Hall–Kier alpha value is -2.49. The molecule has 3 aromatic rings. The minimum absolute atomic E-state index is 0.0344. The fourth-order valence-corrected chi connectivity index (χ4v) is 6.56. The average molecular weight is 475 g/mol. The van der Waals surface area contributed by atoms with Crippen LogP contribution in [0.2, 0.25) is 4.34 Å². The Balaban J connectivity index is 1.59. The lowest BCUT2D eigenvalue weighted by Gasteiger charge is -2.21. The van der Waals surface area contributed by atoms with Crippen molar-refractivity contribution in [3.8, 4) is 10.7 Å². The van der Waals surface area contributed by atoms with Gasteiger partial charge in [0.2, 0.25) is 5.91 Å². The van der Waals surface area contributed by atoms with Gasteiger partial charge in [0.15, 0.2) is 15.7 Å². The number of rotatable bonds is 4. The van der Waals surface area contributed by atoms with Gasteiger partial charge in [-0.2, -0.15) is 0 Å². The van der Waals surface area contributed by atoms with Gasteiger partial charge in [-0.05, 0) is 35.7 Å². The van der Waals surface area contributed by atoms with Gasteiger partial charge in [-0.3, -0.25) is 4.79 Å². The second kappa shape index (κ2) is 7.58. The SMILES string of the molecule is CNC(=O)Cc1ccc2c(c1)CCN2c1nc(-c2ccc(Cl)s2)nc2c1CS(=O)(=O)C2. The van der Waals surface area contributed by atoms with Crippen molar-refractivity contribution in [3.63, 3.8) is 0 Å². The molecule has 2 aliphatic heterocycles. The van der Waals surface area contributed by atoms with E-state index in [4.69, 9.17) is 16.6 Å². The van der Waals surface area contributed by atoms with Gasteiger partial charge in [-0.15, -0.1) is 11.3 Å². The van der Waals surface area contributed by atoms with E-state index in [0.29, 0.717) is 40.2 Å². The Kier molecular flexibility index (Phi) is 4.99. The smallest absolute Gasteiger partial charge is 0.224 e. The number of thiophene rings is 1. The molecule has 0 saturated heterocycles. The normalized spacial score (nSPS) is 16.3. The molecule has 1 N–H and O–H groups in total. The largest absolute Gasteiger partial charge is 0.359 e. The molecule has 7 nitrogen and oxygen atoms in total. The zero-order valence-corrected chi connectivity index (χ0v) is 19.1.